The minimum Gasteiger partial charge on any atom is -0.494 e. The van der Waals surface area contributed by atoms with Crippen molar-refractivity contribution in [3.8, 4) is 5.75 Å². The van der Waals surface area contributed by atoms with E-state index >= 15 is 0 Å². The van der Waals surface area contributed by atoms with Crippen LogP contribution in [0.3, 0.4) is 0 Å². The van der Waals surface area contributed by atoms with Crippen molar-refractivity contribution >= 4 is 11.6 Å². The van der Waals surface area contributed by atoms with Gasteiger partial charge in [-0.3, -0.25) is 5.84 Å². The number of nitrogens with two attached hydrogens (primary N) is 1. The number of ether oxygens (including phenoxy) is 1. The summed E-state index contributed by atoms with van der Waals surface area (Å²) in [5, 5.41) is 0.342. The predicted octanol–water partition coefficient (Wildman–Crippen LogP) is 3.27. The Morgan fingerprint density at radius 1 is 1.32 bits per heavy atom. The smallest absolute Gasteiger partial charge is 0.198 e. The molecule has 0 spiro atoms. The Hall–Kier alpha value is -1.49. The highest BCUT2D eigenvalue weighted by molar-refractivity contribution is 6.29. The fourth-order valence-corrected chi connectivity index (χ4v) is 2.08. The van der Waals surface area contributed by atoms with Crippen LogP contribution in [0, 0.1) is 0 Å². The number of hydrazine groups is 1. The van der Waals surface area contributed by atoms with E-state index in [1.165, 1.54) is 0 Å². The third-order valence-electron chi connectivity index (χ3n) is 2.81. The van der Waals surface area contributed by atoms with E-state index in [9.17, 15) is 0 Å². The normalized spacial score (nSPS) is 12.4. The predicted molar refractivity (Wildman–Crippen MR) is 75.1 cm³/mol. The molecule has 1 unspecified atom stereocenters. The van der Waals surface area contributed by atoms with Gasteiger partial charge in [-0.05, 0) is 41.8 Å². The molecule has 0 radical (unpaired) electrons. The SMILES string of the molecule is CCCOc1ccc(C(NN)c2ccoc2Cl)cc1. The van der Waals surface area contributed by atoms with Crippen molar-refractivity contribution in [2.24, 2.45) is 5.84 Å². The monoisotopic (exact) mass is 280 g/mol. The van der Waals surface area contributed by atoms with Gasteiger partial charge in [-0.15, -0.1) is 0 Å². The first-order valence-corrected chi connectivity index (χ1v) is 6.55. The van der Waals surface area contributed by atoms with Gasteiger partial charge >= 0.3 is 0 Å². The van der Waals surface area contributed by atoms with Crippen LogP contribution in [0.2, 0.25) is 5.22 Å². The quantitative estimate of drug-likeness (QED) is 0.630. The van der Waals surface area contributed by atoms with Crippen LogP contribution >= 0.6 is 11.6 Å². The van der Waals surface area contributed by atoms with Gasteiger partial charge in [0.05, 0.1) is 18.9 Å². The molecular weight excluding hydrogens is 264 g/mol. The summed E-state index contributed by atoms with van der Waals surface area (Å²) in [6.07, 6.45) is 2.53. The van der Waals surface area contributed by atoms with E-state index in [4.69, 9.17) is 26.6 Å². The highest BCUT2D eigenvalue weighted by Gasteiger charge is 2.17. The average molecular weight is 281 g/mol. The summed E-state index contributed by atoms with van der Waals surface area (Å²) in [7, 11) is 0. The van der Waals surface area contributed by atoms with E-state index in [-0.39, 0.29) is 6.04 Å². The molecule has 0 aliphatic heterocycles. The van der Waals surface area contributed by atoms with Crippen molar-refractivity contribution in [3.63, 3.8) is 0 Å². The Morgan fingerprint density at radius 3 is 2.58 bits per heavy atom. The second kappa shape index (κ2) is 6.61. The molecule has 102 valence electrons. The van der Waals surface area contributed by atoms with Crippen LogP contribution in [0.25, 0.3) is 0 Å². The van der Waals surface area contributed by atoms with Gasteiger partial charge in [0.2, 0.25) is 0 Å². The molecule has 0 aliphatic rings. The minimum atomic E-state index is -0.202. The molecule has 0 fully saturated rings. The summed E-state index contributed by atoms with van der Waals surface area (Å²) in [5.41, 5.74) is 4.55. The lowest BCUT2D eigenvalue weighted by Crippen LogP contribution is -2.28. The Labute approximate surface area is 117 Å². The number of hydrogen-bond donors (Lipinski definition) is 2. The largest absolute Gasteiger partial charge is 0.494 e. The molecule has 4 nitrogen and oxygen atoms in total. The summed E-state index contributed by atoms with van der Waals surface area (Å²) < 4.78 is 10.6. The summed E-state index contributed by atoms with van der Waals surface area (Å²) in [5.74, 6) is 6.45. The second-order valence-electron chi connectivity index (χ2n) is 4.17. The topological polar surface area (TPSA) is 60.4 Å². The third kappa shape index (κ3) is 3.29. The molecule has 3 N–H and O–H groups in total. The molecule has 1 atom stereocenters. The van der Waals surface area contributed by atoms with E-state index in [2.05, 4.69) is 12.3 Å². The second-order valence-corrected chi connectivity index (χ2v) is 4.51. The summed E-state index contributed by atoms with van der Waals surface area (Å²) in [6, 6.07) is 9.35. The zero-order valence-corrected chi connectivity index (χ0v) is 11.5. The highest BCUT2D eigenvalue weighted by atomic mass is 35.5. The van der Waals surface area contributed by atoms with E-state index < -0.39 is 0 Å². The van der Waals surface area contributed by atoms with Gasteiger partial charge in [0, 0.05) is 5.56 Å². The Kier molecular flexibility index (Phi) is 4.85. The lowest BCUT2D eigenvalue weighted by molar-refractivity contribution is 0.317. The van der Waals surface area contributed by atoms with Crippen molar-refractivity contribution < 1.29 is 9.15 Å². The Balaban J connectivity index is 2.18. The van der Waals surface area contributed by atoms with Gasteiger partial charge in [-0.25, -0.2) is 5.43 Å². The van der Waals surface area contributed by atoms with Gasteiger partial charge < -0.3 is 9.15 Å². The zero-order chi connectivity index (χ0) is 13.7. The average Bonchev–Trinajstić information content (AvgIpc) is 2.85. The van der Waals surface area contributed by atoms with Crippen molar-refractivity contribution in [2.75, 3.05) is 6.61 Å². The summed E-state index contributed by atoms with van der Waals surface area (Å²) >= 11 is 5.98. The molecule has 1 aromatic carbocycles. The summed E-state index contributed by atoms with van der Waals surface area (Å²) in [4.78, 5) is 0. The molecule has 5 heteroatoms. The van der Waals surface area contributed by atoms with E-state index in [1.54, 1.807) is 12.3 Å². The molecule has 2 rings (SSSR count). The van der Waals surface area contributed by atoms with Crippen LogP contribution in [0.5, 0.6) is 5.75 Å². The van der Waals surface area contributed by atoms with Crippen molar-refractivity contribution in [1.29, 1.82) is 0 Å². The van der Waals surface area contributed by atoms with Crippen LogP contribution in [0.15, 0.2) is 41.0 Å². The molecule has 2 aromatic rings. The van der Waals surface area contributed by atoms with Gasteiger partial charge in [-0.2, -0.15) is 0 Å². The van der Waals surface area contributed by atoms with Crippen molar-refractivity contribution in [2.45, 2.75) is 19.4 Å². The Morgan fingerprint density at radius 2 is 2.05 bits per heavy atom. The molecule has 19 heavy (non-hydrogen) atoms. The van der Waals surface area contributed by atoms with Gasteiger partial charge in [0.15, 0.2) is 5.22 Å². The molecule has 1 heterocycles. The number of furan rings is 1. The number of rotatable bonds is 6. The van der Waals surface area contributed by atoms with Gasteiger partial charge in [-0.1, -0.05) is 19.1 Å². The van der Waals surface area contributed by atoms with Crippen LogP contribution in [0.4, 0.5) is 0 Å². The van der Waals surface area contributed by atoms with Crippen LogP contribution in [-0.2, 0) is 0 Å². The highest BCUT2D eigenvalue weighted by Crippen LogP contribution is 2.29. The van der Waals surface area contributed by atoms with Gasteiger partial charge in [0.1, 0.15) is 5.75 Å². The maximum absolute atomic E-state index is 5.98. The molecule has 0 bridgehead atoms. The first-order chi connectivity index (χ1) is 9.26. The lowest BCUT2D eigenvalue weighted by atomic mass is 10.0. The third-order valence-corrected chi connectivity index (χ3v) is 3.12. The first-order valence-electron chi connectivity index (χ1n) is 6.18. The number of nitrogens with one attached hydrogen (secondary N) is 1. The zero-order valence-electron chi connectivity index (χ0n) is 10.7. The van der Waals surface area contributed by atoms with Crippen molar-refractivity contribution in [1.82, 2.24) is 5.43 Å². The lowest BCUT2D eigenvalue weighted by Gasteiger charge is -2.15. The maximum Gasteiger partial charge on any atom is 0.198 e. The van der Waals surface area contributed by atoms with Crippen molar-refractivity contribution in [3.05, 3.63) is 52.9 Å². The number of halogens is 1. The molecule has 0 aliphatic carbocycles. The standard InChI is InChI=1S/C14H17ClN2O2/c1-2-8-18-11-5-3-10(4-6-11)13(17-16)12-7-9-19-14(12)15/h3-7,9,13,17H,2,8,16H2,1H3. The van der Waals surface area contributed by atoms with Gasteiger partial charge in [0.25, 0.3) is 0 Å². The molecule has 1 aromatic heterocycles. The summed E-state index contributed by atoms with van der Waals surface area (Å²) in [6.45, 7) is 2.79. The van der Waals surface area contributed by atoms with Crippen LogP contribution in [-0.4, -0.2) is 6.61 Å². The van der Waals surface area contributed by atoms with E-state index in [1.807, 2.05) is 24.3 Å². The maximum atomic E-state index is 5.98. The first kappa shape index (κ1) is 13.9. The van der Waals surface area contributed by atoms with E-state index in [0.29, 0.717) is 11.8 Å². The Bertz CT molecular complexity index is 510. The van der Waals surface area contributed by atoms with Crippen LogP contribution < -0.4 is 16.0 Å². The molecule has 0 amide bonds. The fraction of sp³-hybridized carbons (Fsp3) is 0.286. The molecule has 0 saturated heterocycles. The minimum absolute atomic E-state index is 0.202. The fourth-order valence-electron chi connectivity index (χ4n) is 1.85. The van der Waals surface area contributed by atoms with Crippen LogP contribution in [0.1, 0.15) is 30.5 Å². The number of benzene rings is 1. The molecular formula is C14H17ClN2O2. The molecule has 0 saturated carbocycles. The van der Waals surface area contributed by atoms with E-state index in [0.717, 1.165) is 23.3 Å². The number of hydrogen-bond acceptors (Lipinski definition) is 4.